The summed E-state index contributed by atoms with van der Waals surface area (Å²) in [6.07, 6.45) is 0. The van der Waals surface area contributed by atoms with Gasteiger partial charge in [0, 0.05) is 30.7 Å². The van der Waals surface area contributed by atoms with E-state index in [1.54, 1.807) is 18.2 Å². The van der Waals surface area contributed by atoms with Crippen LogP contribution in [-0.4, -0.2) is 15.8 Å². The molecule has 0 aliphatic carbocycles. The van der Waals surface area contributed by atoms with Gasteiger partial charge in [0.15, 0.2) is 5.78 Å². The number of fused-ring (bicyclic) bond motifs is 1. The van der Waals surface area contributed by atoms with Crippen molar-refractivity contribution in [3.8, 4) is 11.3 Å². The number of rotatable bonds is 3. The minimum absolute atomic E-state index is 0.0553. The molecule has 0 saturated carbocycles. The summed E-state index contributed by atoms with van der Waals surface area (Å²) in [6, 6.07) is 20.2. The van der Waals surface area contributed by atoms with Crippen molar-refractivity contribution >= 4 is 62.5 Å². The van der Waals surface area contributed by atoms with Crippen molar-refractivity contribution in [2.45, 2.75) is 0 Å². The second-order valence-corrected chi connectivity index (χ2v) is 7.94. The topological polar surface area (TPSA) is 42.9 Å². The van der Waals surface area contributed by atoms with Gasteiger partial charge in [0.1, 0.15) is 0 Å². The van der Waals surface area contributed by atoms with Gasteiger partial charge < -0.3 is 0 Å². The van der Waals surface area contributed by atoms with Crippen molar-refractivity contribution in [1.29, 1.82) is 0 Å². The first kappa shape index (κ1) is 18.3. The summed E-state index contributed by atoms with van der Waals surface area (Å²) in [5.41, 5.74) is 3.33. The quantitative estimate of drug-likeness (QED) is 0.183. The van der Waals surface area contributed by atoms with Crippen molar-refractivity contribution in [3.63, 3.8) is 0 Å². The molecule has 4 rings (SSSR count). The smallest absolute Gasteiger partial charge is 0.223 e. The molecule has 3 aromatic carbocycles. The molecule has 0 spiro atoms. The van der Waals surface area contributed by atoms with Crippen LogP contribution in [0.15, 0.2) is 66.7 Å². The van der Waals surface area contributed by atoms with Gasteiger partial charge in [-0.15, -0.1) is 0 Å². The van der Waals surface area contributed by atoms with Crippen LogP contribution in [0.25, 0.3) is 22.2 Å². The maximum Gasteiger partial charge on any atom is 0.223 e. The Bertz CT molecular complexity index is 1180. The molecule has 0 aliphatic rings. The number of benzene rings is 3. The summed E-state index contributed by atoms with van der Waals surface area (Å²) in [4.78, 5) is 21.5. The number of aromatic nitrogens is 2. The molecule has 27 heavy (non-hydrogen) atoms. The van der Waals surface area contributed by atoms with Crippen molar-refractivity contribution in [3.05, 3.63) is 91.7 Å². The predicted molar refractivity (Wildman–Crippen MR) is 118 cm³/mol. The first-order valence-corrected chi connectivity index (χ1v) is 9.88. The van der Waals surface area contributed by atoms with E-state index in [1.165, 1.54) is 0 Å². The van der Waals surface area contributed by atoms with Gasteiger partial charge in [-0.25, -0.2) is 9.97 Å². The van der Waals surface area contributed by atoms with Crippen molar-refractivity contribution in [2.75, 3.05) is 0 Å². The monoisotopic (exact) mass is 504 g/mol. The number of hydrogen-bond acceptors (Lipinski definition) is 3. The Balaban J connectivity index is 1.88. The molecule has 0 saturated heterocycles. The molecule has 0 unspecified atom stereocenters. The molecule has 1 heterocycles. The molecule has 132 valence electrons. The Morgan fingerprint density at radius 2 is 1.59 bits per heavy atom. The second kappa shape index (κ2) is 7.54. The molecule has 0 amide bonds. The lowest BCUT2D eigenvalue weighted by atomic mass is 9.99. The Morgan fingerprint density at radius 3 is 2.33 bits per heavy atom. The van der Waals surface area contributed by atoms with E-state index in [-0.39, 0.29) is 11.1 Å². The molecule has 0 fully saturated rings. The van der Waals surface area contributed by atoms with E-state index in [9.17, 15) is 4.79 Å². The van der Waals surface area contributed by atoms with Gasteiger partial charge >= 0.3 is 0 Å². The highest BCUT2D eigenvalue weighted by atomic mass is 127. The average Bonchev–Trinajstić information content (AvgIpc) is 2.67. The van der Waals surface area contributed by atoms with Gasteiger partial charge in [-0.05, 0) is 88.8 Å². The van der Waals surface area contributed by atoms with Crippen LogP contribution < -0.4 is 0 Å². The third-order valence-corrected chi connectivity index (χ3v) is 5.26. The van der Waals surface area contributed by atoms with E-state index in [0.29, 0.717) is 27.4 Å². The zero-order chi connectivity index (χ0) is 19.0. The molecular weight excluding hydrogens is 494 g/mol. The van der Waals surface area contributed by atoms with E-state index in [4.69, 9.17) is 23.2 Å². The van der Waals surface area contributed by atoms with Crippen LogP contribution in [0.2, 0.25) is 10.3 Å². The maximum absolute atomic E-state index is 12.9. The van der Waals surface area contributed by atoms with Crippen molar-refractivity contribution < 1.29 is 4.79 Å². The number of hydrogen-bond donors (Lipinski definition) is 0. The number of nitrogens with zero attached hydrogens (tertiary/aromatic N) is 2. The predicted octanol–water partition coefficient (Wildman–Crippen LogP) is 6.44. The zero-order valence-electron chi connectivity index (χ0n) is 13.8. The van der Waals surface area contributed by atoms with Gasteiger partial charge in [0.05, 0.1) is 11.2 Å². The molecule has 4 aromatic rings. The third-order valence-electron chi connectivity index (χ3n) is 4.14. The van der Waals surface area contributed by atoms with Crippen molar-refractivity contribution in [2.24, 2.45) is 0 Å². The summed E-state index contributed by atoms with van der Waals surface area (Å²) in [5.74, 6) is -0.0553. The van der Waals surface area contributed by atoms with Crippen LogP contribution in [0.1, 0.15) is 15.9 Å². The Labute approximate surface area is 179 Å². The maximum atomic E-state index is 12.9. The van der Waals surface area contributed by atoms with Crippen LogP contribution in [0.5, 0.6) is 0 Å². The summed E-state index contributed by atoms with van der Waals surface area (Å²) < 4.78 is 1.08. The zero-order valence-corrected chi connectivity index (χ0v) is 17.5. The fourth-order valence-corrected chi connectivity index (χ4v) is 3.59. The summed E-state index contributed by atoms with van der Waals surface area (Å²) in [5, 5.41) is 1.49. The van der Waals surface area contributed by atoms with Gasteiger partial charge in [0.25, 0.3) is 0 Å². The fraction of sp³-hybridized carbons (Fsp3) is 0. The fourth-order valence-electron chi connectivity index (χ4n) is 2.87. The first-order valence-electron chi connectivity index (χ1n) is 8.05. The van der Waals surface area contributed by atoms with Gasteiger partial charge in [0.2, 0.25) is 5.28 Å². The SMILES string of the molecule is O=C(c1ccc(I)cc1)c1ccc2nc(Cl)nc(-c3cccc(Cl)c3)c2c1. The van der Waals surface area contributed by atoms with E-state index in [1.807, 2.05) is 48.5 Å². The minimum atomic E-state index is -0.0553. The Morgan fingerprint density at radius 1 is 0.852 bits per heavy atom. The van der Waals surface area contributed by atoms with Crippen LogP contribution in [-0.2, 0) is 0 Å². The highest BCUT2D eigenvalue weighted by molar-refractivity contribution is 14.1. The summed E-state index contributed by atoms with van der Waals surface area (Å²) in [7, 11) is 0. The van der Waals surface area contributed by atoms with E-state index in [2.05, 4.69) is 32.6 Å². The first-order chi connectivity index (χ1) is 13.0. The highest BCUT2D eigenvalue weighted by Crippen LogP contribution is 2.30. The lowest BCUT2D eigenvalue weighted by Crippen LogP contribution is -2.02. The van der Waals surface area contributed by atoms with E-state index >= 15 is 0 Å². The molecule has 0 N–H and O–H groups in total. The van der Waals surface area contributed by atoms with Gasteiger partial charge in [-0.1, -0.05) is 23.7 Å². The third kappa shape index (κ3) is 3.83. The number of ketones is 1. The van der Waals surface area contributed by atoms with Crippen LogP contribution in [0.4, 0.5) is 0 Å². The second-order valence-electron chi connectivity index (χ2n) is 5.92. The summed E-state index contributed by atoms with van der Waals surface area (Å²) in [6.45, 7) is 0. The average molecular weight is 505 g/mol. The van der Waals surface area contributed by atoms with Crippen LogP contribution in [0, 0.1) is 3.57 Å². The van der Waals surface area contributed by atoms with E-state index < -0.39 is 0 Å². The van der Waals surface area contributed by atoms with Gasteiger partial charge in [-0.2, -0.15) is 0 Å². The number of carbonyl (C=O) groups is 1. The van der Waals surface area contributed by atoms with E-state index in [0.717, 1.165) is 14.5 Å². The highest BCUT2D eigenvalue weighted by Gasteiger charge is 2.14. The Hall–Kier alpha value is -2.02. The molecule has 0 atom stereocenters. The standard InChI is InChI=1S/C21H11Cl2IN2O/c22-15-3-1-2-13(10-15)19-17-11-14(6-9-18(17)25-21(23)26-19)20(27)12-4-7-16(24)8-5-12/h1-11H. The van der Waals surface area contributed by atoms with Crippen molar-refractivity contribution in [1.82, 2.24) is 9.97 Å². The molecule has 0 aliphatic heterocycles. The lowest BCUT2D eigenvalue weighted by molar-refractivity contribution is 0.103. The van der Waals surface area contributed by atoms with Crippen LogP contribution in [0.3, 0.4) is 0 Å². The molecule has 6 heteroatoms. The molecule has 0 radical (unpaired) electrons. The minimum Gasteiger partial charge on any atom is -0.289 e. The van der Waals surface area contributed by atoms with Gasteiger partial charge in [-0.3, -0.25) is 4.79 Å². The largest absolute Gasteiger partial charge is 0.289 e. The molecule has 0 bridgehead atoms. The normalized spacial score (nSPS) is 10.9. The molecule has 3 nitrogen and oxygen atoms in total. The lowest BCUT2D eigenvalue weighted by Gasteiger charge is -2.09. The Kier molecular flexibility index (Phi) is 5.12. The van der Waals surface area contributed by atoms with Crippen LogP contribution >= 0.6 is 45.8 Å². The molecular formula is C21H11Cl2IN2O. The summed E-state index contributed by atoms with van der Waals surface area (Å²) >= 11 is 14.4. The number of carbonyl (C=O) groups excluding carboxylic acids is 1. The number of halogens is 3. The molecule has 1 aromatic heterocycles.